The molecule has 0 unspecified atom stereocenters. The lowest BCUT2D eigenvalue weighted by Crippen LogP contribution is -2.28. The average Bonchev–Trinajstić information content (AvgIpc) is 3.29. The molecule has 0 fully saturated rings. The third-order valence-electron chi connectivity index (χ3n) is 4.38. The van der Waals surface area contributed by atoms with Crippen molar-refractivity contribution in [3.8, 4) is 11.5 Å². The van der Waals surface area contributed by atoms with Crippen LogP contribution in [0.3, 0.4) is 0 Å². The number of fused-ring (bicyclic) bond motifs is 2. The van der Waals surface area contributed by atoms with E-state index in [2.05, 4.69) is 10.1 Å². The van der Waals surface area contributed by atoms with Crippen molar-refractivity contribution in [1.82, 2.24) is 14.6 Å². The summed E-state index contributed by atoms with van der Waals surface area (Å²) in [5.41, 5.74) is 1.15. The van der Waals surface area contributed by atoms with Crippen LogP contribution >= 0.6 is 11.3 Å². The summed E-state index contributed by atoms with van der Waals surface area (Å²) in [6.45, 7) is 0.150. The fourth-order valence-corrected chi connectivity index (χ4v) is 3.94. The zero-order valence-corrected chi connectivity index (χ0v) is 15.3. The minimum atomic E-state index is -0.422. The molecule has 0 saturated heterocycles. The molecule has 138 valence electrons. The van der Waals surface area contributed by atoms with Crippen molar-refractivity contribution in [2.24, 2.45) is 0 Å². The quantitative estimate of drug-likeness (QED) is 0.525. The Morgan fingerprint density at radius 3 is 2.79 bits per heavy atom. The third-order valence-corrected chi connectivity index (χ3v) is 5.34. The van der Waals surface area contributed by atoms with Gasteiger partial charge in [-0.2, -0.15) is 14.6 Å². The van der Waals surface area contributed by atoms with Crippen LogP contribution < -0.4 is 25.1 Å². The molecule has 28 heavy (non-hydrogen) atoms. The maximum absolute atomic E-state index is 12.8. The highest BCUT2D eigenvalue weighted by Gasteiger charge is 2.17. The standard InChI is InChI=1S/C20H13N3O4S/c24-18-14(9-12-5-2-1-3-6-12)22-23-19(25)16(28-20(23)21-18)10-13-7-4-8-15-17(13)27-11-26-15/h1-8,10H,9,11H2/b16-10+. The van der Waals surface area contributed by atoms with E-state index in [0.29, 0.717) is 22.5 Å². The van der Waals surface area contributed by atoms with Gasteiger partial charge in [0.15, 0.2) is 11.5 Å². The predicted octanol–water partition coefficient (Wildman–Crippen LogP) is 1.38. The molecule has 0 amide bonds. The number of ether oxygens (including phenoxy) is 2. The number of benzene rings is 2. The lowest BCUT2D eigenvalue weighted by atomic mass is 10.1. The molecule has 8 heteroatoms. The Kier molecular flexibility index (Phi) is 3.91. The number of para-hydroxylation sites is 1. The predicted molar refractivity (Wildman–Crippen MR) is 104 cm³/mol. The van der Waals surface area contributed by atoms with Gasteiger partial charge in [-0.1, -0.05) is 53.8 Å². The Morgan fingerprint density at radius 1 is 1.07 bits per heavy atom. The van der Waals surface area contributed by atoms with Crippen molar-refractivity contribution < 1.29 is 9.47 Å². The van der Waals surface area contributed by atoms with Crippen LogP contribution in [0.4, 0.5) is 0 Å². The fourth-order valence-electron chi connectivity index (χ4n) is 3.05. The Hall–Kier alpha value is -3.52. The summed E-state index contributed by atoms with van der Waals surface area (Å²) in [5, 5.41) is 4.27. The van der Waals surface area contributed by atoms with Crippen molar-refractivity contribution in [3.63, 3.8) is 0 Å². The van der Waals surface area contributed by atoms with E-state index in [1.807, 2.05) is 42.5 Å². The van der Waals surface area contributed by atoms with E-state index in [1.54, 1.807) is 12.1 Å². The lowest BCUT2D eigenvalue weighted by molar-refractivity contribution is 0.174. The van der Waals surface area contributed by atoms with E-state index in [9.17, 15) is 9.59 Å². The van der Waals surface area contributed by atoms with Gasteiger partial charge in [-0.3, -0.25) is 9.59 Å². The van der Waals surface area contributed by atoms with Gasteiger partial charge in [0.05, 0.1) is 4.53 Å². The molecule has 0 atom stereocenters. The van der Waals surface area contributed by atoms with E-state index >= 15 is 0 Å². The number of nitrogens with zero attached hydrogens (tertiary/aromatic N) is 3. The Labute approximate surface area is 162 Å². The highest BCUT2D eigenvalue weighted by molar-refractivity contribution is 7.15. The van der Waals surface area contributed by atoms with Crippen molar-refractivity contribution in [1.29, 1.82) is 0 Å². The number of hydrogen-bond donors (Lipinski definition) is 0. The number of hydrogen-bond acceptors (Lipinski definition) is 7. The normalized spacial score (nSPS) is 13.4. The van der Waals surface area contributed by atoms with Crippen LogP contribution in [-0.4, -0.2) is 21.4 Å². The first-order valence-electron chi connectivity index (χ1n) is 8.56. The summed E-state index contributed by atoms with van der Waals surface area (Å²) in [4.78, 5) is 29.5. The van der Waals surface area contributed by atoms with Gasteiger partial charge in [-0.25, -0.2) is 0 Å². The molecule has 2 aromatic heterocycles. The molecule has 1 aliphatic heterocycles. The van der Waals surface area contributed by atoms with Gasteiger partial charge in [0.1, 0.15) is 5.69 Å². The van der Waals surface area contributed by atoms with E-state index < -0.39 is 5.56 Å². The maximum Gasteiger partial charge on any atom is 0.296 e. The number of aromatic nitrogens is 3. The average molecular weight is 391 g/mol. The largest absolute Gasteiger partial charge is 0.454 e. The molecule has 7 nitrogen and oxygen atoms in total. The monoisotopic (exact) mass is 391 g/mol. The first-order chi connectivity index (χ1) is 13.7. The summed E-state index contributed by atoms with van der Waals surface area (Å²) in [7, 11) is 0. The van der Waals surface area contributed by atoms with Gasteiger partial charge in [-0.05, 0) is 17.7 Å². The van der Waals surface area contributed by atoms with Gasteiger partial charge < -0.3 is 9.47 Å². The molecular formula is C20H13N3O4S. The minimum absolute atomic E-state index is 0.150. The van der Waals surface area contributed by atoms with Crippen LogP contribution in [0.15, 0.2) is 58.1 Å². The van der Waals surface area contributed by atoms with Gasteiger partial charge in [-0.15, -0.1) is 0 Å². The highest BCUT2D eigenvalue weighted by atomic mass is 32.1. The Morgan fingerprint density at radius 2 is 1.93 bits per heavy atom. The molecule has 0 bridgehead atoms. The van der Waals surface area contributed by atoms with E-state index in [1.165, 1.54) is 4.52 Å². The number of thiazole rings is 1. The van der Waals surface area contributed by atoms with Gasteiger partial charge in [0.25, 0.3) is 11.1 Å². The molecule has 0 aliphatic carbocycles. The summed E-state index contributed by atoms with van der Waals surface area (Å²) < 4.78 is 12.5. The molecule has 2 aromatic carbocycles. The molecule has 3 heterocycles. The molecule has 0 radical (unpaired) electrons. The zero-order chi connectivity index (χ0) is 19.1. The van der Waals surface area contributed by atoms with E-state index in [-0.39, 0.29) is 23.0 Å². The maximum atomic E-state index is 12.8. The van der Waals surface area contributed by atoms with Crippen molar-refractivity contribution in [3.05, 3.63) is 90.6 Å². The second-order valence-electron chi connectivity index (χ2n) is 6.22. The van der Waals surface area contributed by atoms with Crippen LogP contribution in [0.2, 0.25) is 0 Å². The van der Waals surface area contributed by atoms with Crippen LogP contribution in [0.1, 0.15) is 16.8 Å². The van der Waals surface area contributed by atoms with Gasteiger partial charge in [0, 0.05) is 12.0 Å². The molecular weight excluding hydrogens is 378 g/mol. The Bertz CT molecular complexity index is 1360. The fraction of sp³-hybridized carbons (Fsp3) is 0.100. The zero-order valence-electron chi connectivity index (χ0n) is 14.5. The number of rotatable bonds is 3. The van der Waals surface area contributed by atoms with Crippen LogP contribution in [0, 0.1) is 0 Å². The molecule has 1 aliphatic rings. The first-order valence-corrected chi connectivity index (χ1v) is 9.38. The highest BCUT2D eigenvalue weighted by Crippen LogP contribution is 2.35. The molecule has 0 N–H and O–H groups in total. The molecule has 0 spiro atoms. The first kappa shape index (κ1) is 16.6. The summed E-state index contributed by atoms with van der Waals surface area (Å²) in [6.07, 6.45) is 2.03. The molecule has 0 saturated carbocycles. The van der Waals surface area contributed by atoms with E-state index in [4.69, 9.17) is 9.47 Å². The van der Waals surface area contributed by atoms with E-state index in [0.717, 1.165) is 22.5 Å². The smallest absolute Gasteiger partial charge is 0.296 e. The van der Waals surface area contributed by atoms with Gasteiger partial charge in [0.2, 0.25) is 11.8 Å². The SMILES string of the molecule is O=c1nc2s/c(=C/c3cccc4c3OCO4)c(=O)n2nc1Cc1ccccc1. The topological polar surface area (TPSA) is 82.8 Å². The molecule has 5 rings (SSSR count). The van der Waals surface area contributed by atoms with Crippen LogP contribution in [0.25, 0.3) is 11.0 Å². The van der Waals surface area contributed by atoms with Crippen LogP contribution in [-0.2, 0) is 6.42 Å². The van der Waals surface area contributed by atoms with Crippen molar-refractivity contribution in [2.75, 3.05) is 6.79 Å². The minimum Gasteiger partial charge on any atom is -0.454 e. The van der Waals surface area contributed by atoms with Gasteiger partial charge >= 0.3 is 0 Å². The Balaban J connectivity index is 1.63. The third kappa shape index (κ3) is 2.84. The van der Waals surface area contributed by atoms with Crippen LogP contribution in [0.5, 0.6) is 11.5 Å². The van der Waals surface area contributed by atoms with Crippen molar-refractivity contribution >= 4 is 22.4 Å². The summed E-state index contributed by atoms with van der Waals surface area (Å²) in [6, 6.07) is 15.0. The second-order valence-corrected chi connectivity index (χ2v) is 7.23. The molecule has 4 aromatic rings. The summed E-state index contributed by atoms with van der Waals surface area (Å²) >= 11 is 1.12. The summed E-state index contributed by atoms with van der Waals surface area (Å²) in [5.74, 6) is 1.23. The van der Waals surface area contributed by atoms with Crippen molar-refractivity contribution in [2.45, 2.75) is 6.42 Å². The second kappa shape index (κ2) is 6.58. The lowest BCUT2D eigenvalue weighted by Gasteiger charge is -1.99.